The van der Waals surface area contributed by atoms with Gasteiger partial charge < -0.3 is 14.8 Å². The number of aromatic nitrogens is 1. The van der Waals surface area contributed by atoms with Crippen molar-refractivity contribution in [3.05, 3.63) is 52.1 Å². The number of hydrogen-bond donors (Lipinski definition) is 1. The summed E-state index contributed by atoms with van der Waals surface area (Å²) in [6.45, 7) is 0.352. The van der Waals surface area contributed by atoms with Crippen molar-refractivity contribution in [3.63, 3.8) is 0 Å². The Morgan fingerprint density at radius 2 is 1.95 bits per heavy atom. The summed E-state index contributed by atoms with van der Waals surface area (Å²) in [6.07, 6.45) is 0. The lowest BCUT2D eigenvalue weighted by molar-refractivity contribution is -0.384. The average molecular weight is 289 g/mol. The van der Waals surface area contributed by atoms with Crippen LogP contribution in [-0.4, -0.2) is 24.1 Å². The van der Waals surface area contributed by atoms with E-state index in [9.17, 15) is 10.1 Å². The Bertz CT molecular complexity index is 646. The fourth-order valence-corrected chi connectivity index (χ4v) is 1.85. The van der Waals surface area contributed by atoms with Crippen molar-refractivity contribution in [2.24, 2.45) is 0 Å². The van der Waals surface area contributed by atoms with Crippen LogP contribution in [0.4, 0.5) is 11.5 Å². The largest absolute Gasteiger partial charge is 0.496 e. The highest BCUT2D eigenvalue weighted by Gasteiger charge is 2.16. The summed E-state index contributed by atoms with van der Waals surface area (Å²) in [5.74, 6) is 1.17. The first kappa shape index (κ1) is 14.6. The fourth-order valence-electron chi connectivity index (χ4n) is 1.85. The van der Waals surface area contributed by atoms with Gasteiger partial charge in [0, 0.05) is 24.2 Å². The molecule has 0 radical (unpaired) electrons. The van der Waals surface area contributed by atoms with Gasteiger partial charge in [-0.3, -0.25) is 10.1 Å². The number of pyridine rings is 1. The minimum Gasteiger partial charge on any atom is -0.496 e. The van der Waals surface area contributed by atoms with Crippen molar-refractivity contribution in [1.29, 1.82) is 0 Å². The molecule has 1 aromatic heterocycles. The molecule has 0 spiro atoms. The zero-order valence-corrected chi connectivity index (χ0v) is 11.7. The number of ether oxygens (including phenoxy) is 2. The second kappa shape index (κ2) is 6.56. The van der Waals surface area contributed by atoms with Crippen LogP contribution in [0, 0.1) is 10.1 Å². The van der Waals surface area contributed by atoms with E-state index in [1.807, 2.05) is 24.3 Å². The lowest BCUT2D eigenvalue weighted by Crippen LogP contribution is -2.06. The molecule has 0 aliphatic heterocycles. The molecule has 7 nitrogen and oxygen atoms in total. The maximum Gasteiger partial charge on any atom is 0.311 e. The normalized spacial score (nSPS) is 10.0. The molecule has 7 heteroatoms. The number of para-hydroxylation sites is 1. The summed E-state index contributed by atoms with van der Waals surface area (Å²) in [5, 5.41) is 14.0. The molecule has 0 bridgehead atoms. The van der Waals surface area contributed by atoms with E-state index in [-0.39, 0.29) is 11.5 Å². The molecule has 1 heterocycles. The number of nitro groups is 1. The Morgan fingerprint density at radius 1 is 1.19 bits per heavy atom. The summed E-state index contributed by atoms with van der Waals surface area (Å²) >= 11 is 0. The van der Waals surface area contributed by atoms with E-state index in [1.54, 1.807) is 7.11 Å². The van der Waals surface area contributed by atoms with Gasteiger partial charge in [-0.05, 0) is 6.07 Å². The van der Waals surface area contributed by atoms with Crippen LogP contribution in [0.2, 0.25) is 0 Å². The second-order valence-electron chi connectivity index (χ2n) is 4.14. The van der Waals surface area contributed by atoms with Crippen molar-refractivity contribution in [3.8, 4) is 11.6 Å². The number of nitrogens with one attached hydrogen (secondary N) is 1. The Kier molecular flexibility index (Phi) is 4.55. The van der Waals surface area contributed by atoms with E-state index in [4.69, 9.17) is 9.47 Å². The minimum atomic E-state index is -0.489. The van der Waals surface area contributed by atoms with Crippen LogP contribution >= 0.6 is 0 Å². The van der Waals surface area contributed by atoms with Crippen molar-refractivity contribution in [2.75, 3.05) is 19.5 Å². The number of anilines is 1. The van der Waals surface area contributed by atoms with Gasteiger partial charge in [0.15, 0.2) is 0 Å². The molecule has 0 amide bonds. The fraction of sp³-hybridized carbons (Fsp3) is 0.214. The molecule has 0 saturated heterocycles. The predicted octanol–water partition coefficient (Wildman–Crippen LogP) is 2.62. The summed E-state index contributed by atoms with van der Waals surface area (Å²) in [7, 11) is 3.03. The quantitative estimate of drug-likeness (QED) is 0.649. The van der Waals surface area contributed by atoms with E-state index in [0.29, 0.717) is 18.2 Å². The molecule has 1 aromatic carbocycles. The van der Waals surface area contributed by atoms with Gasteiger partial charge in [0.25, 0.3) is 0 Å². The lowest BCUT2D eigenvalue weighted by atomic mass is 10.2. The van der Waals surface area contributed by atoms with Gasteiger partial charge in [0.1, 0.15) is 5.75 Å². The van der Waals surface area contributed by atoms with Gasteiger partial charge in [-0.2, -0.15) is 4.98 Å². The van der Waals surface area contributed by atoms with Crippen molar-refractivity contribution < 1.29 is 14.4 Å². The van der Waals surface area contributed by atoms with Gasteiger partial charge in [-0.1, -0.05) is 18.2 Å². The molecule has 21 heavy (non-hydrogen) atoms. The smallest absolute Gasteiger partial charge is 0.311 e. The van der Waals surface area contributed by atoms with Crippen LogP contribution < -0.4 is 14.8 Å². The van der Waals surface area contributed by atoms with Crippen LogP contribution in [0.25, 0.3) is 0 Å². The molecule has 0 aliphatic rings. The maximum atomic E-state index is 11.0. The highest BCUT2D eigenvalue weighted by atomic mass is 16.6. The van der Waals surface area contributed by atoms with Gasteiger partial charge >= 0.3 is 5.69 Å². The highest BCUT2D eigenvalue weighted by Crippen LogP contribution is 2.26. The van der Waals surface area contributed by atoms with E-state index < -0.39 is 4.92 Å². The summed E-state index contributed by atoms with van der Waals surface area (Å²) < 4.78 is 10.2. The third-order valence-electron chi connectivity index (χ3n) is 2.89. The highest BCUT2D eigenvalue weighted by molar-refractivity contribution is 5.57. The summed E-state index contributed by atoms with van der Waals surface area (Å²) in [6, 6.07) is 10.2. The monoisotopic (exact) mass is 289 g/mol. The molecule has 0 aliphatic carbocycles. The van der Waals surface area contributed by atoms with Crippen molar-refractivity contribution in [2.45, 2.75) is 6.54 Å². The Hall–Kier alpha value is -2.83. The zero-order chi connectivity index (χ0) is 15.2. The van der Waals surface area contributed by atoms with E-state index in [1.165, 1.54) is 19.2 Å². The number of methoxy groups -OCH3 is 2. The van der Waals surface area contributed by atoms with Crippen LogP contribution in [0.15, 0.2) is 36.4 Å². The molecule has 0 unspecified atom stereocenters. The molecule has 2 rings (SSSR count). The van der Waals surface area contributed by atoms with E-state index in [0.717, 1.165) is 5.56 Å². The molecule has 2 aromatic rings. The maximum absolute atomic E-state index is 11.0. The predicted molar refractivity (Wildman–Crippen MR) is 77.8 cm³/mol. The molecule has 0 fully saturated rings. The first-order chi connectivity index (χ1) is 10.2. The van der Waals surface area contributed by atoms with Crippen LogP contribution in [0.1, 0.15) is 5.56 Å². The summed E-state index contributed by atoms with van der Waals surface area (Å²) in [4.78, 5) is 14.6. The van der Waals surface area contributed by atoms with Crippen molar-refractivity contribution in [1.82, 2.24) is 4.98 Å². The number of hydrogen-bond acceptors (Lipinski definition) is 6. The topological polar surface area (TPSA) is 86.5 Å². The van der Waals surface area contributed by atoms with E-state index >= 15 is 0 Å². The van der Waals surface area contributed by atoms with Crippen LogP contribution in [0.5, 0.6) is 11.6 Å². The third kappa shape index (κ3) is 3.38. The average Bonchev–Trinajstić information content (AvgIpc) is 2.52. The number of benzene rings is 1. The Morgan fingerprint density at radius 3 is 2.62 bits per heavy atom. The SMILES string of the molecule is COc1ccc([N+](=O)[O-])c(NCc2ccccc2OC)n1. The van der Waals surface area contributed by atoms with Gasteiger partial charge in [-0.25, -0.2) is 0 Å². The number of nitrogens with zero attached hydrogens (tertiary/aromatic N) is 2. The molecular weight excluding hydrogens is 274 g/mol. The Balaban J connectivity index is 2.24. The molecule has 0 saturated carbocycles. The lowest BCUT2D eigenvalue weighted by Gasteiger charge is -2.10. The van der Waals surface area contributed by atoms with E-state index in [2.05, 4.69) is 10.3 Å². The van der Waals surface area contributed by atoms with Crippen molar-refractivity contribution >= 4 is 11.5 Å². The molecular formula is C14H15N3O4. The number of rotatable bonds is 6. The van der Waals surface area contributed by atoms with Gasteiger partial charge in [0.2, 0.25) is 11.7 Å². The third-order valence-corrected chi connectivity index (χ3v) is 2.89. The first-order valence-electron chi connectivity index (χ1n) is 6.21. The van der Waals surface area contributed by atoms with Gasteiger partial charge in [-0.15, -0.1) is 0 Å². The molecule has 110 valence electrons. The summed E-state index contributed by atoms with van der Waals surface area (Å²) in [5.41, 5.74) is 0.768. The second-order valence-corrected chi connectivity index (χ2v) is 4.14. The van der Waals surface area contributed by atoms with Gasteiger partial charge in [0.05, 0.1) is 19.1 Å². The Labute approximate surface area is 121 Å². The zero-order valence-electron chi connectivity index (χ0n) is 11.7. The molecule has 0 atom stereocenters. The first-order valence-corrected chi connectivity index (χ1v) is 6.21. The standard InChI is InChI=1S/C14H15N3O4/c1-20-12-6-4-3-5-10(12)9-15-14-11(17(18)19)7-8-13(16-14)21-2/h3-8H,9H2,1-2H3,(H,15,16). The van der Waals surface area contributed by atoms with Crippen LogP contribution in [-0.2, 0) is 6.54 Å². The molecule has 1 N–H and O–H groups in total. The van der Waals surface area contributed by atoms with Crippen LogP contribution in [0.3, 0.4) is 0 Å². The minimum absolute atomic E-state index is 0.106.